The van der Waals surface area contributed by atoms with Crippen molar-refractivity contribution in [3.63, 3.8) is 0 Å². The van der Waals surface area contributed by atoms with E-state index in [0.717, 1.165) is 18.1 Å². The number of imidazole rings is 1. The molecule has 0 saturated heterocycles. The van der Waals surface area contributed by atoms with Gasteiger partial charge in [-0.15, -0.1) is 0 Å². The molecule has 0 bridgehead atoms. The van der Waals surface area contributed by atoms with E-state index in [1.807, 2.05) is 13.1 Å². The van der Waals surface area contributed by atoms with Crippen LogP contribution in [0.5, 0.6) is 0 Å². The van der Waals surface area contributed by atoms with Crippen molar-refractivity contribution in [3.05, 3.63) is 35.7 Å². The minimum atomic E-state index is 0.971. The van der Waals surface area contributed by atoms with Gasteiger partial charge in [0.05, 0.1) is 0 Å². The van der Waals surface area contributed by atoms with Crippen LogP contribution in [0, 0.1) is 6.92 Å². The second kappa shape index (κ2) is 3.91. The lowest BCUT2D eigenvalue weighted by Crippen LogP contribution is -2.24. The smallest absolute Gasteiger partial charge is 0.137 e. The first-order chi connectivity index (χ1) is 8.24. The Balaban J connectivity index is 2.03. The van der Waals surface area contributed by atoms with E-state index in [2.05, 4.69) is 40.1 Å². The maximum absolute atomic E-state index is 4.38. The van der Waals surface area contributed by atoms with Crippen LogP contribution >= 0.6 is 0 Å². The number of nitrogens with one attached hydrogen (secondary N) is 1. The van der Waals surface area contributed by atoms with Crippen LogP contribution < -0.4 is 4.90 Å². The Morgan fingerprint density at radius 1 is 1.35 bits per heavy atom. The number of anilines is 1. The van der Waals surface area contributed by atoms with Crippen LogP contribution in [0.1, 0.15) is 17.7 Å². The highest BCUT2D eigenvalue weighted by atomic mass is 15.1. The fraction of sp³-hybridized carbons (Fsp3) is 0.357. The number of hydrogen-bond donors (Lipinski definition) is 1. The molecule has 0 radical (unpaired) electrons. The number of nitrogens with zero attached hydrogens (tertiary/aromatic N) is 2. The molecule has 3 heteroatoms. The van der Waals surface area contributed by atoms with E-state index in [4.69, 9.17) is 0 Å². The van der Waals surface area contributed by atoms with Gasteiger partial charge in [-0.2, -0.15) is 0 Å². The standard InChI is InChI=1S/C14H17N3/c1-10-9-15-14(16-10)12-5-6-13-11(8-12)4-3-7-17(13)2/h5-6,8-9H,3-4,7H2,1-2H3,(H,15,16). The van der Waals surface area contributed by atoms with Crippen molar-refractivity contribution in [1.29, 1.82) is 0 Å². The minimum absolute atomic E-state index is 0.971. The molecule has 0 fully saturated rings. The summed E-state index contributed by atoms with van der Waals surface area (Å²) in [4.78, 5) is 10.00. The van der Waals surface area contributed by atoms with Crippen LogP contribution in [0.4, 0.5) is 5.69 Å². The monoisotopic (exact) mass is 227 g/mol. The Morgan fingerprint density at radius 3 is 3.00 bits per heavy atom. The van der Waals surface area contributed by atoms with Crippen LogP contribution in [0.25, 0.3) is 11.4 Å². The number of aromatic amines is 1. The van der Waals surface area contributed by atoms with Gasteiger partial charge in [-0.3, -0.25) is 0 Å². The molecule has 1 aliphatic heterocycles. The van der Waals surface area contributed by atoms with Crippen molar-refractivity contribution >= 4 is 5.69 Å². The molecule has 0 saturated carbocycles. The predicted octanol–water partition coefficient (Wildman–Crippen LogP) is 2.77. The van der Waals surface area contributed by atoms with E-state index in [-0.39, 0.29) is 0 Å². The molecule has 1 aliphatic rings. The molecule has 2 heterocycles. The SMILES string of the molecule is Cc1cnc(-c2ccc3c(c2)CCCN3C)[nH]1. The number of hydrogen-bond acceptors (Lipinski definition) is 2. The van der Waals surface area contributed by atoms with Crippen molar-refractivity contribution < 1.29 is 0 Å². The molecule has 3 nitrogen and oxygen atoms in total. The first kappa shape index (κ1) is 10.4. The van der Waals surface area contributed by atoms with Gasteiger partial charge in [-0.05, 0) is 43.5 Å². The zero-order chi connectivity index (χ0) is 11.8. The van der Waals surface area contributed by atoms with Gasteiger partial charge in [0.25, 0.3) is 0 Å². The normalized spacial score (nSPS) is 14.8. The van der Waals surface area contributed by atoms with E-state index < -0.39 is 0 Å². The molecule has 1 aromatic carbocycles. The van der Waals surface area contributed by atoms with E-state index in [1.54, 1.807) is 0 Å². The number of aryl methyl sites for hydroxylation is 2. The average Bonchev–Trinajstić information content (AvgIpc) is 2.76. The molecule has 2 aromatic rings. The van der Waals surface area contributed by atoms with Gasteiger partial charge in [-0.1, -0.05) is 0 Å². The molecule has 0 amide bonds. The second-order valence-corrected chi connectivity index (χ2v) is 4.78. The Kier molecular flexibility index (Phi) is 2.39. The zero-order valence-electron chi connectivity index (χ0n) is 10.3. The van der Waals surface area contributed by atoms with Gasteiger partial charge in [0.15, 0.2) is 0 Å². The van der Waals surface area contributed by atoms with Gasteiger partial charge >= 0.3 is 0 Å². The summed E-state index contributed by atoms with van der Waals surface area (Å²) < 4.78 is 0. The molecule has 1 aromatic heterocycles. The average molecular weight is 227 g/mol. The number of rotatable bonds is 1. The molecule has 3 rings (SSSR count). The molecule has 1 N–H and O–H groups in total. The fourth-order valence-corrected chi connectivity index (χ4v) is 2.49. The van der Waals surface area contributed by atoms with Gasteiger partial charge in [-0.25, -0.2) is 4.98 Å². The summed E-state index contributed by atoms with van der Waals surface area (Å²) in [7, 11) is 2.16. The summed E-state index contributed by atoms with van der Waals surface area (Å²) in [5, 5.41) is 0. The lowest BCUT2D eigenvalue weighted by molar-refractivity contribution is 0.744. The summed E-state index contributed by atoms with van der Waals surface area (Å²) in [6, 6.07) is 6.63. The summed E-state index contributed by atoms with van der Waals surface area (Å²) in [6.45, 7) is 3.19. The van der Waals surface area contributed by atoms with Crippen molar-refractivity contribution in [1.82, 2.24) is 9.97 Å². The molecule has 0 spiro atoms. The number of H-pyrrole nitrogens is 1. The topological polar surface area (TPSA) is 31.9 Å². The molecule has 0 atom stereocenters. The summed E-state index contributed by atoms with van der Waals surface area (Å²) in [6.07, 6.45) is 4.29. The third-order valence-corrected chi connectivity index (χ3v) is 3.41. The Morgan fingerprint density at radius 2 is 2.24 bits per heavy atom. The van der Waals surface area contributed by atoms with Crippen LogP contribution in [0.2, 0.25) is 0 Å². The van der Waals surface area contributed by atoms with Crippen molar-refractivity contribution in [2.24, 2.45) is 0 Å². The van der Waals surface area contributed by atoms with E-state index in [9.17, 15) is 0 Å². The van der Waals surface area contributed by atoms with Gasteiger partial charge < -0.3 is 9.88 Å². The van der Waals surface area contributed by atoms with Gasteiger partial charge in [0.2, 0.25) is 0 Å². The van der Waals surface area contributed by atoms with Gasteiger partial charge in [0, 0.05) is 36.7 Å². The van der Waals surface area contributed by atoms with Crippen molar-refractivity contribution in [2.75, 3.05) is 18.5 Å². The predicted molar refractivity (Wildman–Crippen MR) is 70.4 cm³/mol. The Hall–Kier alpha value is -1.77. The van der Waals surface area contributed by atoms with Crippen LogP contribution in [0.15, 0.2) is 24.4 Å². The summed E-state index contributed by atoms with van der Waals surface area (Å²) in [5.74, 6) is 0.971. The lowest BCUT2D eigenvalue weighted by atomic mass is 9.99. The lowest BCUT2D eigenvalue weighted by Gasteiger charge is -2.27. The summed E-state index contributed by atoms with van der Waals surface area (Å²) >= 11 is 0. The minimum Gasteiger partial charge on any atom is -0.374 e. The third kappa shape index (κ3) is 1.82. The third-order valence-electron chi connectivity index (χ3n) is 3.41. The van der Waals surface area contributed by atoms with E-state index >= 15 is 0 Å². The highest BCUT2D eigenvalue weighted by Gasteiger charge is 2.14. The number of fused-ring (bicyclic) bond motifs is 1. The first-order valence-corrected chi connectivity index (χ1v) is 6.10. The Labute approximate surface area is 101 Å². The maximum Gasteiger partial charge on any atom is 0.137 e. The molecular formula is C14H17N3. The quantitative estimate of drug-likeness (QED) is 0.812. The van der Waals surface area contributed by atoms with Crippen molar-refractivity contribution in [3.8, 4) is 11.4 Å². The van der Waals surface area contributed by atoms with E-state index in [0.29, 0.717) is 0 Å². The van der Waals surface area contributed by atoms with Gasteiger partial charge in [0.1, 0.15) is 5.82 Å². The Bertz CT molecular complexity index is 542. The van der Waals surface area contributed by atoms with Crippen LogP contribution in [-0.4, -0.2) is 23.6 Å². The van der Waals surface area contributed by atoms with Crippen molar-refractivity contribution in [2.45, 2.75) is 19.8 Å². The largest absolute Gasteiger partial charge is 0.374 e. The highest BCUT2D eigenvalue weighted by molar-refractivity contribution is 5.65. The number of aromatic nitrogens is 2. The zero-order valence-corrected chi connectivity index (χ0v) is 10.3. The molecular weight excluding hydrogens is 210 g/mol. The molecule has 17 heavy (non-hydrogen) atoms. The second-order valence-electron chi connectivity index (χ2n) is 4.78. The molecule has 88 valence electrons. The van der Waals surface area contributed by atoms with E-state index in [1.165, 1.54) is 29.7 Å². The number of benzene rings is 1. The maximum atomic E-state index is 4.38. The highest BCUT2D eigenvalue weighted by Crippen LogP contribution is 2.29. The molecule has 0 aliphatic carbocycles. The first-order valence-electron chi connectivity index (χ1n) is 6.10. The molecule has 0 unspecified atom stereocenters. The summed E-state index contributed by atoms with van der Waals surface area (Å²) in [5.41, 5.74) is 5.09. The fourth-order valence-electron chi connectivity index (χ4n) is 2.49. The van der Waals surface area contributed by atoms with Crippen LogP contribution in [-0.2, 0) is 6.42 Å². The van der Waals surface area contributed by atoms with Crippen LogP contribution in [0.3, 0.4) is 0 Å².